The van der Waals surface area contributed by atoms with Gasteiger partial charge in [-0.05, 0) is 39.2 Å². The number of rotatable bonds is 7. The van der Waals surface area contributed by atoms with Crippen LogP contribution in [0.2, 0.25) is 0 Å². The number of likely N-dealkylation sites (tertiary alicyclic amines) is 1. The molecule has 0 spiro atoms. The number of hydrogen-bond acceptors (Lipinski definition) is 6. The molecule has 0 aliphatic carbocycles. The number of amides is 2. The van der Waals surface area contributed by atoms with Crippen molar-refractivity contribution in [3.05, 3.63) is 22.5 Å². The molecule has 0 saturated carbocycles. The maximum absolute atomic E-state index is 13.1. The van der Waals surface area contributed by atoms with Crippen LogP contribution in [0.15, 0.2) is 0 Å². The van der Waals surface area contributed by atoms with Gasteiger partial charge in [-0.2, -0.15) is 0 Å². The molecule has 172 valence electrons. The smallest absolute Gasteiger partial charge is 0.340 e. The third-order valence-corrected chi connectivity index (χ3v) is 6.04. The van der Waals surface area contributed by atoms with Crippen molar-refractivity contribution in [2.24, 2.45) is 5.92 Å². The summed E-state index contributed by atoms with van der Waals surface area (Å²) in [7, 11) is 0. The minimum atomic E-state index is -0.427. The van der Waals surface area contributed by atoms with Gasteiger partial charge in [-0.3, -0.25) is 14.5 Å². The van der Waals surface area contributed by atoms with E-state index in [2.05, 4.69) is 15.2 Å². The van der Waals surface area contributed by atoms with Gasteiger partial charge in [0.05, 0.1) is 31.3 Å². The Hall–Kier alpha value is -2.39. The Balaban J connectivity index is 1.57. The first-order chi connectivity index (χ1) is 14.9. The number of nitrogens with one attached hydrogen (secondary N) is 2. The minimum Gasteiger partial charge on any atom is -0.462 e. The highest BCUT2D eigenvalue weighted by Gasteiger charge is 2.31. The van der Waals surface area contributed by atoms with E-state index in [0.29, 0.717) is 42.1 Å². The van der Waals surface area contributed by atoms with Crippen molar-refractivity contribution in [3.63, 3.8) is 0 Å². The van der Waals surface area contributed by atoms with Gasteiger partial charge in [-0.15, -0.1) is 0 Å². The number of aromatic amines is 1. The van der Waals surface area contributed by atoms with Gasteiger partial charge in [0.1, 0.15) is 5.69 Å². The number of esters is 1. The van der Waals surface area contributed by atoms with E-state index in [9.17, 15) is 14.4 Å². The van der Waals surface area contributed by atoms with Crippen LogP contribution in [0.5, 0.6) is 0 Å². The summed E-state index contributed by atoms with van der Waals surface area (Å²) in [5, 5.41) is 3.02. The van der Waals surface area contributed by atoms with Crippen molar-refractivity contribution in [1.82, 2.24) is 20.1 Å². The summed E-state index contributed by atoms with van der Waals surface area (Å²) in [5.74, 6) is -0.827. The van der Waals surface area contributed by atoms with Crippen molar-refractivity contribution in [2.45, 2.75) is 33.6 Å². The van der Waals surface area contributed by atoms with E-state index in [1.54, 1.807) is 25.7 Å². The molecule has 1 unspecified atom stereocenters. The van der Waals surface area contributed by atoms with Crippen LogP contribution >= 0.6 is 0 Å². The first-order valence-corrected chi connectivity index (χ1v) is 11.2. The van der Waals surface area contributed by atoms with Crippen LogP contribution < -0.4 is 5.32 Å². The van der Waals surface area contributed by atoms with E-state index in [4.69, 9.17) is 9.47 Å². The Morgan fingerprint density at radius 1 is 1.19 bits per heavy atom. The Morgan fingerprint density at radius 3 is 2.65 bits per heavy atom. The molecule has 2 N–H and O–H groups in total. The van der Waals surface area contributed by atoms with Gasteiger partial charge in [0.25, 0.3) is 5.91 Å². The summed E-state index contributed by atoms with van der Waals surface area (Å²) < 4.78 is 10.5. The molecule has 0 aromatic carbocycles. The zero-order chi connectivity index (χ0) is 22.4. The number of ether oxygens (including phenoxy) is 2. The summed E-state index contributed by atoms with van der Waals surface area (Å²) in [6.45, 7) is 11.2. The molecule has 31 heavy (non-hydrogen) atoms. The molecule has 1 atom stereocenters. The number of nitrogens with zero attached hydrogens (tertiary/aromatic N) is 2. The van der Waals surface area contributed by atoms with Gasteiger partial charge in [-0.1, -0.05) is 0 Å². The van der Waals surface area contributed by atoms with Crippen LogP contribution in [0.4, 0.5) is 0 Å². The zero-order valence-corrected chi connectivity index (χ0v) is 18.8. The predicted molar refractivity (Wildman–Crippen MR) is 115 cm³/mol. The molecule has 1 aromatic rings. The molecule has 3 heterocycles. The van der Waals surface area contributed by atoms with E-state index in [1.807, 2.05) is 0 Å². The van der Waals surface area contributed by atoms with E-state index >= 15 is 0 Å². The van der Waals surface area contributed by atoms with E-state index in [-0.39, 0.29) is 24.3 Å². The first kappa shape index (κ1) is 23.3. The first-order valence-electron chi connectivity index (χ1n) is 11.2. The number of piperidine rings is 1. The van der Waals surface area contributed by atoms with Gasteiger partial charge in [0, 0.05) is 45.0 Å². The molecule has 1 aromatic heterocycles. The molecule has 2 fully saturated rings. The number of carbonyl (C=O) groups excluding carboxylic acids is 3. The lowest BCUT2D eigenvalue weighted by atomic mass is 9.96. The molecule has 9 heteroatoms. The number of hydrogen-bond donors (Lipinski definition) is 2. The fourth-order valence-corrected chi connectivity index (χ4v) is 4.31. The molecule has 2 aliphatic rings. The van der Waals surface area contributed by atoms with Crippen LogP contribution in [0.3, 0.4) is 0 Å². The molecule has 3 rings (SSSR count). The monoisotopic (exact) mass is 434 g/mol. The average molecular weight is 435 g/mol. The average Bonchev–Trinajstić information content (AvgIpc) is 3.08. The molecule has 0 radical (unpaired) electrons. The highest BCUT2D eigenvalue weighted by atomic mass is 16.5. The molecule has 9 nitrogen and oxygen atoms in total. The molecule has 2 amide bonds. The fourth-order valence-electron chi connectivity index (χ4n) is 4.31. The number of H-pyrrole nitrogens is 1. The summed E-state index contributed by atoms with van der Waals surface area (Å²) >= 11 is 0. The standard InChI is InChI=1S/C22H34N4O5/c1-4-31-22(29)18-15(2)19(24-16(18)3)21(28)26-8-5-6-17(14-26)20(27)23-7-9-25-10-12-30-13-11-25/h17,24H,4-14H2,1-3H3,(H,23,27). The van der Waals surface area contributed by atoms with E-state index in [1.165, 1.54) is 0 Å². The number of carbonyl (C=O) groups is 3. The number of aryl methyl sites for hydroxylation is 1. The molecule has 2 saturated heterocycles. The van der Waals surface area contributed by atoms with Crippen molar-refractivity contribution < 1.29 is 23.9 Å². The van der Waals surface area contributed by atoms with Gasteiger partial charge in [-0.25, -0.2) is 4.79 Å². The SMILES string of the molecule is CCOC(=O)c1c(C)[nH]c(C(=O)N2CCCC(C(=O)NCCN3CCOCC3)C2)c1C. The Kier molecular flexibility index (Phi) is 8.09. The van der Waals surface area contributed by atoms with Crippen LogP contribution in [0.1, 0.15) is 51.9 Å². The molecule has 0 bridgehead atoms. The quantitative estimate of drug-likeness (QED) is 0.623. The number of aromatic nitrogens is 1. The highest BCUT2D eigenvalue weighted by molar-refractivity contribution is 6.00. The van der Waals surface area contributed by atoms with Crippen LogP contribution in [-0.2, 0) is 14.3 Å². The second kappa shape index (κ2) is 10.8. The Bertz CT molecular complexity index is 800. The van der Waals surface area contributed by atoms with Crippen molar-refractivity contribution >= 4 is 17.8 Å². The topological polar surface area (TPSA) is 104 Å². The fraction of sp³-hybridized carbons (Fsp3) is 0.682. The third-order valence-electron chi connectivity index (χ3n) is 6.04. The summed E-state index contributed by atoms with van der Waals surface area (Å²) in [6.07, 6.45) is 1.54. The second-order valence-electron chi connectivity index (χ2n) is 8.18. The minimum absolute atomic E-state index is 0.00244. The molecule has 2 aliphatic heterocycles. The van der Waals surface area contributed by atoms with Crippen LogP contribution in [0, 0.1) is 19.8 Å². The lowest BCUT2D eigenvalue weighted by Gasteiger charge is -2.32. The maximum Gasteiger partial charge on any atom is 0.340 e. The normalized spacial score (nSPS) is 19.8. The van der Waals surface area contributed by atoms with Gasteiger partial charge < -0.3 is 24.7 Å². The lowest BCUT2D eigenvalue weighted by molar-refractivity contribution is -0.126. The summed E-state index contributed by atoms with van der Waals surface area (Å²) in [5.41, 5.74) is 2.03. The maximum atomic E-state index is 13.1. The van der Waals surface area contributed by atoms with Gasteiger partial charge >= 0.3 is 5.97 Å². The summed E-state index contributed by atoms with van der Waals surface area (Å²) in [4.78, 5) is 45.1. The van der Waals surface area contributed by atoms with Gasteiger partial charge in [0.2, 0.25) is 5.91 Å². The highest BCUT2D eigenvalue weighted by Crippen LogP contribution is 2.23. The van der Waals surface area contributed by atoms with Gasteiger partial charge in [0.15, 0.2) is 0 Å². The van der Waals surface area contributed by atoms with Crippen LogP contribution in [0.25, 0.3) is 0 Å². The van der Waals surface area contributed by atoms with Crippen molar-refractivity contribution in [1.29, 1.82) is 0 Å². The predicted octanol–water partition coefficient (Wildman–Crippen LogP) is 1.11. The molecular weight excluding hydrogens is 400 g/mol. The molecular formula is C22H34N4O5. The second-order valence-corrected chi connectivity index (χ2v) is 8.18. The lowest BCUT2D eigenvalue weighted by Crippen LogP contribution is -2.47. The van der Waals surface area contributed by atoms with Crippen molar-refractivity contribution in [2.75, 3.05) is 59.1 Å². The van der Waals surface area contributed by atoms with E-state index in [0.717, 1.165) is 45.7 Å². The van der Waals surface area contributed by atoms with Crippen molar-refractivity contribution in [3.8, 4) is 0 Å². The van der Waals surface area contributed by atoms with E-state index < -0.39 is 5.97 Å². The Labute approximate surface area is 183 Å². The third kappa shape index (κ3) is 5.65. The largest absolute Gasteiger partial charge is 0.462 e. The zero-order valence-electron chi connectivity index (χ0n) is 18.8. The Morgan fingerprint density at radius 2 is 1.94 bits per heavy atom. The number of morpholine rings is 1. The van der Waals surface area contributed by atoms with Crippen LogP contribution in [-0.4, -0.2) is 91.7 Å². The summed E-state index contributed by atoms with van der Waals surface area (Å²) in [6, 6.07) is 0.